The number of carbonyl (C=O) groups is 1. The number of nitrogens with zero attached hydrogens (tertiary/aromatic N) is 1. The summed E-state index contributed by atoms with van der Waals surface area (Å²) in [4.78, 5) is 12.9. The summed E-state index contributed by atoms with van der Waals surface area (Å²) in [5.74, 6) is 1.50. The Bertz CT molecular complexity index is 448. The van der Waals surface area contributed by atoms with Gasteiger partial charge in [0.15, 0.2) is 0 Å². The molecule has 0 aromatic heterocycles. The van der Waals surface area contributed by atoms with Crippen molar-refractivity contribution in [3.8, 4) is 5.75 Å². The van der Waals surface area contributed by atoms with Crippen LogP contribution in [0.25, 0.3) is 0 Å². The van der Waals surface area contributed by atoms with Crippen LogP contribution in [0.5, 0.6) is 5.75 Å². The second-order valence-corrected chi connectivity index (χ2v) is 5.20. The Balaban J connectivity index is 1.72. The molecule has 0 radical (unpaired) electrons. The lowest BCUT2D eigenvalue weighted by Gasteiger charge is -2.26. The van der Waals surface area contributed by atoms with Crippen molar-refractivity contribution in [2.45, 2.75) is 12.3 Å². The van der Waals surface area contributed by atoms with E-state index in [1.54, 1.807) is 14.1 Å². The highest BCUT2D eigenvalue weighted by Gasteiger charge is 2.20. The molecular formula is C15H23N3O2. The van der Waals surface area contributed by atoms with Gasteiger partial charge in [0.2, 0.25) is 0 Å². The lowest BCUT2D eigenvalue weighted by atomic mass is 9.93. The number of urea groups is 1. The van der Waals surface area contributed by atoms with Crippen LogP contribution in [-0.2, 0) is 0 Å². The minimum absolute atomic E-state index is 0.0526. The average Bonchev–Trinajstić information content (AvgIpc) is 2.46. The van der Waals surface area contributed by atoms with Gasteiger partial charge in [0.05, 0.1) is 6.61 Å². The molecular weight excluding hydrogens is 254 g/mol. The summed E-state index contributed by atoms with van der Waals surface area (Å²) in [5.41, 5.74) is 1.28. The van der Waals surface area contributed by atoms with Gasteiger partial charge in [-0.15, -0.1) is 0 Å². The number of hydrogen-bond acceptors (Lipinski definition) is 3. The van der Waals surface area contributed by atoms with Crippen LogP contribution in [0.4, 0.5) is 4.79 Å². The Kier molecular flexibility index (Phi) is 5.24. The molecule has 0 aliphatic carbocycles. The first-order chi connectivity index (χ1) is 9.68. The van der Waals surface area contributed by atoms with E-state index in [0.717, 1.165) is 31.9 Å². The van der Waals surface area contributed by atoms with Gasteiger partial charge in [-0.3, -0.25) is 0 Å². The predicted molar refractivity (Wildman–Crippen MR) is 79.3 cm³/mol. The molecule has 1 aliphatic rings. The quantitative estimate of drug-likeness (QED) is 0.800. The zero-order valence-corrected chi connectivity index (χ0v) is 12.2. The lowest BCUT2D eigenvalue weighted by molar-refractivity contribution is 0.217. The summed E-state index contributed by atoms with van der Waals surface area (Å²) in [5, 5.41) is 6.24. The largest absolute Gasteiger partial charge is 0.493 e. The zero-order chi connectivity index (χ0) is 14.4. The van der Waals surface area contributed by atoms with Crippen molar-refractivity contribution in [2.24, 2.45) is 0 Å². The molecule has 1 aromatic carbocycles. The summed E-state index contributed by atoms with van der Waals surface area (Å²) in [6.07, 6.45) is 1.04. The number of hydrogen-bond donors (Lipinski definition) is 2. The molecule has 2 amide bonds. The van der Waals surface area contributed by atoms with E-state index in [4.69, 9.17) is 4.74 Å². The van der Waals surface area contributed by atoms with Crippen molar-refractivity contribution in [2.75, 3.05) is 40.3 Å². The Hall–Kier alpha value is -1.75. The number of carbonyl (C=O) groups excluding carboxylic acids is 1. The maximum atomic E-state index is 11.3. The van der Waals surface area contributed by atoms with E-state index >= 15 is 0 Å². The highest BCUT2D eigenvalue weighted by Crippen LogP contribution is 2.32. The van der Waals surface area contributed by atoms with Gasteiger partial charge < -0.3 is 20.3 Å². The number of fused-ring (bicyclic) bond motifs is 1. The van der Waals surface area contributed by atoms with E-state index in [0.29, 0.717) is 12.5 Å². The fraction of sp³-hybridized carbons (Fsp3) is 0.533. The molecule has 20 heavy (non-hydrogen) atoms. The van der Waals surface area contributed by atoms with Gasteiger partial charge in [-0.1, -0.05) is 18.2 Å². The van der Waals surface area contributed by atoms with E-state index in [-0.39, 0.29) is 6.03 Å². The molecule has 1 heterocycles. The summed E-state index contributed by atoms with van der Waals surface area (Å²) >= 11 is 0. The minimum Gasteiger partial charge on any atom is -0.493 e. The summed E-state index contributed by atoms with van der Waals surface area (Å²) in [6, 6.07) is 8.17. The number of rotatable bonds is 5. The van der Waals surface area contributed by atoms with Gasteiger partial charge in [-0.25, -0.2) is 4.79 Å². The monoisotopic (exact) mass is 277 g/mol. The molecule has 2 N–H and O–H groups in total. The topological polar surface area (TPSA) is 53.6 Å². The van der Waals surface area contributed by atoms with Crippen LogP contribution in [0, 0.1) is 0 Å². The zero-order valence-electron chi connectivity index (χ0n) is 12.2. The van der Waals surface area contributed by atoms with Crippen LogP contribution in [0.3, 0.4) is 0 Å². The van der Waals surface area contributed by atoms with Crippen molar-refractivity contribution in [1.82, 2.24) is 15.5 Å². The first kappa shape index (κ1) is 14.7. The highest BCUT2D eigenvalue weighted by atomic mass is 16.5. The molecule has 0 spiro atoms. The minimum atomic E-state index is -0.0526. The van der Waals surface area contributed by atoms with E-state index < -0.39 is 0 Å². The second kappa shape index (κ2) is 7.14. The third kappa shape index (κ3) is 3.87. The Morgan fingerprint density at radius 2 is 2.15 bits per heavy atom. The summed E-state index contributed by atoms with van der Waals surface area (Å²) in [7, 11) is 3.48. The Labute approximate surface area is 120 Å². The van der Waals surface area contributed by atoms with Gasteiger partial charge in [0.1, 0.15) is 5.75 Å². The van der Waals surface area contributed by atoms with Crippen LogP contribution in [0.15, 0.2) is 24.3 Å². The van der Waals surface area contributed by atoms with Crippen molar-refractivity contribution in [3.05, 3.63) is 29.8 Å². The smallest absolute Gasteiger partial charge is 0.316 e. The molecule has 1 unspecified atom stereocenters. The molecule has 0 saturated heterocycles. The molecule has 1 aliphatic heterocycles. The number of ether oxygens (including phenoxy) is 1. The van der Waals surface area contributed by atoms with Gasteiger partial charge >= 0.3 is 6.03 Å². The lowest BCUT2D eigenvalue weighted by Crippen LogP contribution is -2.39. The first-order valence-corrected chi connectivity index (χ1v) is 7.06. The number of benzene rings is 1. The summed E-state index contributed by atoms with van der Waals surface area (Å²) < 4.78 is 5.65. The first-order valence-electron chi connectivity index (χ1n) is 7.06. The van der Waals surface area contributed by atoms with Crippen molar-refractivity contribution < 1.29 is 9.53 Å². The molecule has 5 heteroatoms. The molecule has 1 atom stereocenters. The van der Waals surface area contributed by atoms with E-state index in [2.05, 4.69) is 22.8 Å². The van der Waals surface area contributed by atoms with Gasteiger partial charge in [0.25, 0.3) is 0 Å². The van der Waals surface area contributed by atoms with Crippen molar-refractivity contribution in [1.29, 1.82) is 0 Å². The molecule has 1 aromatic rings. The van der Waals surface area contributed by atoms with E-state index in [9.17, 15) is 4.79 Å². The average molecular weight is 277 g/mol. The molecule has 2 rings (SSSR count). The highest BCUT2D eigenvalue weighted by molar-refractivity contribution is 5.73. The number of para-hydroxylation sites is 1. The molecule has 5 nitrogen and oxygen atoms in total. The van der Waals surface area contributed by atoms with Crippen LogP contribution < -0.4 is 15.4 Å². The van der Waals surface area contributed by atoms with Gasteiger partial charge in [0, 0.05) is 39.6 Å². The summed E-state index contributed by atoms with van der Waals surface area (Å²) in [6.45, 7) is 3.11. The fourth-order valence-corrected chi connectivity index (χ4v) is 2.32. The van der Waals surface area contributed by atoms with Gasteiger partial charge in [-0.05, 0) is 18.1 Å². The van der Waals surface area contributed by atoms with Gasteiger partial charge in [-0.2, -0.15) is 0 Å². The second-order valence-electron chi connectivity index (χ2n) is 5.20. The van der Waals surface area contributed by atoms with Crippen LogP contribution in [0.2, 0.25) is 0 Å². The van der Waals surface area contributed by atoms with Crippen LogP contribution >= 0.6 is 0 Å². The molecule has 0 fully saturated rings. The van der Waals surface area contributed by atoms with E-state index in [1.807, 2.05) is 12.1 Å². The molecule has 110 valence electrons. The Morgan fingerprint density at radius 3 is 2.95 bits per heavy atom. The maximum Gasteiger partial charge on any atom is 0.316 e. The molecule has 0 saturated carbocycles. The normalized spacial score (nSPS) is 17.0. The predicted octanol–water partition coefficient (Wildman–Crippen LogP) is 1.41. The number of nitrogens with one attached hydrogen (secondary N) is 2. The van der Waals surface area contributed by atoms with Crippen molar-refractivity contribution in [3.63, 3.8) is 0 Å². The maximum absolute atomic E-state index is 11.3. The molecule has 0 bridgehead atoms. The SMILES string of the molecule is CN(C)C(=O)NCCNCC1CCOc2ccccc21. The van der Waals surface area contributed by atoms with E-state index in [1.165, 1.54) is 10.5 Å². The number of amides is 2. The van der Waals surface area contributed by atoms with Crippen LogP contribution in [-0.4, -0.2) is 51.3 Å². The third-order valence-corrected chi connectivity index (χ3v) is 3.46. The fourth-order valence-electron chi connectivity index (χ4n) is 2.32. The van der Waals surface area contributed by atoms with Crippen LogP contribution in [0.1, 0.15) is 17.9 Å². The Morgan fingerprint density at radius 1 is 1.35 bits per heavy atom. The third-order valence-electron chi connectivity index (χ3n) is 3.46. The standard InChI is InChI=1S/C15H23N3O2/c1-18(2)15(19)17-9-8-16-11-12-7-10-20-14-6-4-3-5-13(12)14/h3-6,12,16H,7-11H2,1-2H3,(H,17,19). The van der Waals surface area contributed by atoms with Crippen molar-refractivity contribution >= 4 is 6.03 Å².